The number of allylic oxidation sites excluding steroid dienone is 4. The zero-order valence-electron chi connectivity index (χ0n) is 18.7. The van der Waals surface area contributed by atoms with E-state index < -0.39 is 76.3 Å². The van der Waals surface area contributed by atoms with Crippen molar-refractivity contribution in [2.75, 3.05) is 6.61 Å². The number of alkyl halides is 2. The van der Waals surface area contributed by atoms with Crippen LogP contribution in [-0.2, 0) is 19.1 Å². The first kappa shape index (κ1) is 23.2. The van der Waals surface area contributed by atoms with Crippen LogP contribution in [0.2, 0.25) is 0 Å². The molecule has 0 spiro atoms. The van der Waals surface area contributed by atoms with E-state index >= 15 is 8.78 Å². The number of fused-ring (bicyclic) bond motifs is 5. The lowest BCUT2D eigenvalue weighted by Crippen LogP contribution is -2.70. The van der Waals surface area contributed by atoms with Gasteiger partial charge in [0.2, 0.25) is 5.78 Å². The average molecular weight is 452 g/mol. The largest absolute Gasteiger partial charge is 0.458 e. The predicted octanol–water partition coefficient (Wildman–Crippen LogP) is 2.41. The third-order valence-electron chi connectivity index (χ3n) is 9.04. The zero-order valence-corrected chi connectivity index (χ0v) is 18.7. The number of carbonyl (C=O) groups is 3. The molecular weight excluding hydrogens is 422 g/mol. The van der Waals surface area contributed by atoms with Crippen LogP contribution in [0, 0.1) is 28.6 Å². The van der Waals surface area contributed by atoms with Crippen LogP contribution in [0.15, 0.2) is 23.8 Å². The van der Waals surface area contributed by atoms with Gasteiger partial charge in [-0.3, -0.25) is 14.4 Å². The average Bonchev–Trinajstić information content (AvgIpc) is 2.91. The second-order valence-electron chi connectivity index (χ2n) is 10.5. The minimum atomic E-state index is -2.27. The summed E-state index contributed by atoms with van der Waals surface area (Å²) in [4.78, 5) is 36.1. The summed E-state index contributed by atoms with van der Waals surface area (Å²) < 4.78 is 37.2. The Hall–Kier alpha value is -1.93. The molecule has 3 fully saturated rings. The molecule has 0 heterocycles. The number of rotatable bonds is 3. The number of aliphatic hydroxyl groups excluding tert-OH is 1. The fraction of sp³-hybridized carbons (Fsp3) is 0.708. The SMILES string of the molecule is CC(=O)OCC(=O)[C@@]1(O)[C@H](C)C[C@@H]2[C@@H]3C[C@H](F)C4=CC(=O)C=C[C@]4(C)[C@@]3(F)[C@@H](O)C[C@@]21C. The maximum Gasteiger partial charge on any atom is 0.303 e. The third-order valence-corrected chi connectivity index (χ3v) is 9.04. The first-order valence-corrected chi connectivity index (χ1v) is 11.1. The Labute approximate surface area is 185 Å². The molecule has 0 aromatic heterocycles. The summed E-state index contributed by atoms with van der Waals surface area (Å²) in [6.07, 6.45) is 0.271. The Morgan fingerprint density at radius 2 is 1.91 bits per heavy atom. The number of hydrogen-bond acceptors (Lipinski definition) is 6. The van der Waals surface area contributed by atoms with Crippen LogP contribution in [0.25, 0.3) is 0 Å². The Balaban J connectivity index is 1.79. The zero-order chi connectivity index (χ0) is 23.9. The van der Waals surface area contributed by atoms with E-state index in [0.29, 0.717) is 0 Å². The van der Waals surface area contributed by atoms with E-state index in [4.69, 9.17) is 4.74 Å². The molecule has 3 saturated carbocycles. The Kier molecular flexibility index (Phi) is 5.11. The Morgan fingerprint density at radius 3 is 2.53 bits per heavy atom. The monoisotopic (exact) mass is 452 g/mol. The van der Waals surface area contributed by atoms with Crippen LogP contribution in [0.1, 0.15) is 47.0 Å². The number of ketones is 2. The molecule has 9 atom stereocenters. The van der Waals surface area contributed by atoms with Crippen LogP contribution in [-0.4, -0.2) is 57.9 Å². The van der Waals surface area contributed by atoms with Gasteiger partial charge in [0.1, 0.15) is 11.8 Å². The van der Waals surface area contributed by atoms with Gasteiger partial charge in [0.05, 0.1) is 6.10 Å². The topological polar surface area (TPSA) is 101 Å². The fourth-order valence-electron chi connectivity index (χ4n) is 7.41. The molecule has 0 amide bonds. The van der Waals surface area contributed by atoms with Gasteiger partial charge in [0, 0.05) is 23.7 Å². The Morgan fingerprint density at radius 1 is 1.25 bits per heavy atom. The summed E-state index contributed by atoms with van der Waals surface area (Å²) in [5.41, 5.74) is -6.97. The molecule has 0 bridgehead atoms. The maximum absolute atomic E-state index is 17.0. The quantitative estimate of drug-likeness (QED) is 0.638. The smallest absolute Gasteiger partial charge is 0.303 e. The number of halogens is 2. The molecule has 6 nitrogen and oxygen atoms in total. The predicted molar refractivity (Wildman–Crippen MR) is 110 cm³/mol. The van der Waals surface area contributed by atoms with Crippen molar-refractivity contribution in [3.63, 3.8) is 0 Å². The van der Waals surface area contributed by atoms with Crippen LogP contribution in [0.5, 0.6) is 0 Å². The lowest BCUT2D eigenvalue weighted by molar-refractivity contribution is -0.224. The van der Waals surface area contributed by atoms with Crippen LogP contribution < -0.4 is 0 Å². The van der Waals surface area contributed by atoms with Crippen LogP contribution in [0.3, 0.4) is 0 Å². The van der Waals surface area contributed by atoms with Crippen molar-refractivity contribution in [2.45, 2.75) is 70.5 Å². The maximum atomic E-state index is 17.0. The molecule has 0 aromatic carbocycles. The molecule has 0 aromatic rings. The van der Waals surface area contributed by atoms with E-state index in [1.807, 2.05) is 0 Å². The van der Waals surface area contributed by atoms with Gasteiger partial charge in [-0.1, -0.05) is 19.9 Å². The highest BCUT2D eigenvalue weighted by Gasteiger charge is 2.76. The van der Waals surface area contributed by atoms with Crippen LogP contribution in [0.4, 0.5) is 8.78 Å². The van der Waals surface area contributed by atoms with Gasteiger partial charge in [-0.2, -0.15) is 0 Å². The molecule has 32 heavy (non-hydrogen) atoms. The molecule has 8 heteroatoms. The summed E-state index contributed by atoms with van der Waals surface area (Å²) >= 11 is 0. The molecule has 0 aliphatic heterocycles. The number of aliphatic hydroxyl groups is 2. The van der Waals surface area contributed by atoms with Gasteiger partial charge in [0.15, 0.2) is 18.1 Å². The lowest BCUT2D eigenvalue weighted by atomic mass is 9.44. The normalized spacial score (nSPS) is 49.6. The van der Waals surface area contributed by atoms with E-state index in [1.165, 1.54) is 19.1 Å². The first-order chi connectivity index (χ1) is 14.7. The Bertz CT molecular complexity index is 945. The minimum absolute atomic E-state index is 0.0265. The number of carbonyl (C=O) groups excluding carboxylic acids is 3. The highest BCUT2D eigenvalue weighted by Crippen LogP contribution is 2.70. The molecule has 4 aliphatic rings. The summed E-state index contributed by atoms with van der Waals surface area (Å²) in [5.74, 6) is -3.98. The molecule has 4 rings (SSSR count). The molecule has 0 radical (unpaired) electrons. The van der Waals surface area contributed by atoms with Gasteiger partial charge in [-0.05, 0) is 55.7 Å². The van der Waals surface area contributed by atoms with E-state index in [2.05, 4.69) is 0 Å². The van der Waals surface area contributed by atoms with Gasteiger partial charge in [-0.15, -0.1) is 0 Å². The van der Waals surface area contributed by atoms with E-state index in [1.54, 1.807) is 13.8 Å². The second-order valence-corrected chi connectivity index (χ2v) is 10.5. The van der Waals surface area contributed by atoms with E-state index in [0.717, 1.165) is 13.0 Å². The molecule has 0 unspecified atom stereocenters. The lowest BCUT2D eigenvalue weighted by Gasteiger charge is -2.63. The first-order valence-electron chi connectivity index (χ1n) is 11.1. The van der Waals surface area contributed by atoms with Crippen molar-refractivity contribution >= 4 is 17.5 Å². The summed E-state index contributed by atoms with van der Waals surface area (Å²) in [5, 5.41) is 22.8. The highest BCUT2D eigenvalue weighted by atomic mass is 19.1. The number of esters is 1. The van der Waals surface area contributed by atoms with Gasteiger partial charge in [-0.25, -0.2) is 8.78 Å². The molecular formula is C24H30F2O6. The van der Waals surface area contributed by atoms with E-state index in [9.17, 15) is 24.6 Å². The summed E-state index contributed by atoms with van der Waals surface area (Å²) in [7, 11) is 0. The van der Waals surface area contributed by atoms with Gasteiger partial charge >= 0.3 is 5.97 Å². The van der Waals surface area contributed by atoms with Crippen molar-refractivity contribution in [1.29, 1.82) is 0 Å². The van der Waals surface area contributed by atoms with Crippen LogP contribution >= 0.6 is 0 Å². The van der Waals surface area contributed by atoms with Crippen molar-refractivity contribution in [3.05, 3.63) is 23.8 Å². The minimum Gasteiger partial charge on any atom is -0.458 e. The third kappa shape index (κ3) is 2.65. The number of ether oxygens (including phenoxy) is 1. The summed E-state index contributed by atoms with van der Waals surface area (Å²) in [6, 6.07) is 0. The second kappa shape index (κ2) is 7.03. The fourth-order valence-corrected chi connectivity index (χ4v) is 7.41. The van der Waals surface area contributed by atoms with Crippen molar-refractivity contribution in [3.8, 4) is 0 Å². The van der Waals surface area contributed by atoms with Gasteiger partial charge < -0.3 is 14.9 Å². The molecule has 4 aliphatic carbocycles. The van der Waals surface area contributed by atoms with E-state index in [-0.39, 0.29) is 24.8 Å². The van der Waals surface area contributed by atoms with Crippen molar-refractivity contribution in [1.82, 2.24) is 0 Å². The standard InChI is InChI=1S/C24H30F2O6/c1-12-7-15-16-9-18(25)17-8-14(28)5-6-21(17,3)23(16,26)19(29)10-22(15,4)24(12,31)20(30)11-32-13(2)27/h5-6,8,12,15-16,18-19,29,31H,7,9-11H2,1-4H3/t12-,15-,16+,18+,19+,21+,22+,23+,24+/m1/s1. The summed E-state index contributed by atoms with van der Waals surface area (Å²) in [6.45, 7) is 5.34. The highest BCUT2D eigenvalue weighted by molar-refractivity contribution is 6.01. The van der Waals surface area contributed by atoms with Crippen molar-refractivity contribution < 1.29 is 38.1 Å². The number of hydrogen-bond donors (Lipinski definition) is 2. The van der Waals surface area contributed by atoms with Gasteiger partial charge in [0.25, 0.3) is 0 Å². The van der Waals surface area contributed by atoms with Crippen molar-refractivity contribution in [2.24, 2.45) is 28.6 Å². The molecule has 176 valence electrons. The molecule has 2 N–H and O–H groups in total. The number of Topliss-reactive ketones (excluding diaryl/α,β-unsaturated/α-hetero) is 1. The molecule has 0 saturated heterocycles.